The first kappa shape index (κ1) is 12.7. The third kappa shape index (κ3) is 2.57. The van der Waals surface area contributed by atoms with Gasteiger partial charge in [0.15, 0.2) is 5.78 Å². The molecule has 4 heteroatoms. The minimum absolute atomic E-state index is 0.208. The van der Waals surface area contributed by atoms with E-state index in [2.05, 4.69) is 0 Å². The minimum Gasteiger partial charge on any atom is -0.292 e. The van der Waals surface area contributed by atoms with Crippen molar-refractivity contribution in [2.75, 3.05) is 0 Å². The van der Waals surface area contributed by atoms with Crippen LogP contribution in [-0.4, -0.2) is 5.78 Å². The molecule has 1 atom stereocenters. The van der Waals surface area contributed by atoms with Crippen LogP contribution in [0.25, 0.3) is 0 Å². The zero-order valence-electron chi connectivity index (χ0n) is 9.24. The molecule has 0 bridgehead atoms. The Kier molecular flexibility index (Phi) is 3.72. The van der Waals surface area contributed by atoms with Crippen molar-refractivity contribution in [3.8, 4) is 0 Å². The molecule has 0 saturated carbocycles. The SMILES string of the molecule is O=C(c1ccc(F)cc1F)C(Cl)c1ccccc1. The van der Waals surface area contributed by atoms with Crippen molar-refractivity contribution in [2.45, 2.75) is 5.38 Å². The van der Waals surface area contributed by atoms with Crippen molar-refractivity contribution >= 4 is 17.4 Å². The first-order valence-corrected chi connectivity index (χ1v) is 5.71. The molecule has 1 nitrogen and oxygen atoms in total. The van der Waals surface area contributed by atoms with E-state index in [0.717, 1.165) is 12.1 Å². The van der Waals surface area contributed by atoms with Gasteiger partial charge < -0.3 is 0 Å². The number of carbonyl (C=O) groups is 1. The quantitative estimate of drug-likeness (QED) is 0.603. The second kappa shape index (κ2) is 5.27. The standard InChI is InChI=1S/C14H9ClF2O/c15-13(9-4-2-1-3-5-9)14(18)11-7-6-10(16)8-12(11)17/h1-8,13H. The van der Waals surface area contributed by atoms with Gasteiger partial charge in [-0.2, -0.15) is 0 Å². The second-order valence-electron chi connectivity index (χ2n) is 3.76. The zero-order valence-corrected chi connectivity index (χ0v) is 9.99. The largest absolute Gasteiger partial charge is 0.292 e. The van der Waals surface area contributed by atoms with E-state index in [1.54, 1.807) is 30.3 Å². The van der Waals surface area contributed by atoms with E-state index in [1.807, 2.05) is 0 Å². The van der Waals surface area contributed by atoms with Gasteiger partial charge in [0.2, 0.25) is 0 Å². The summed E-state index contributed by atoms with van der Waals surface area (Å²) in [5.41, 5.74) is 0.369. The summed E-state index contributed by atoms with van der Waals surface area (Å²) in [4.78, 5) is 12.0. The molecular weight excluding hydrogens is 258 g/mol. The third-order valence-electron chi connectivity index (χ3n) is 2.52. The maximum absolute atomic E-state index is 13.5. The normalized spacial score (nSPS) is 12.2. The van der Waals surface area contributed by atoms with Crippen molar-refractivity contribution < 1.29 is 13.6 Å². The molecule has 2 aromatic rings. The number of benzene rings is 2. The van der Waals surface area contributed by atoms with Gasteiger partial charge in [-0.05, 0) is 17.7 Å². The molecule has 0 aliphatic rings. The highest BCUT2D eigenvalue weighted by Gasteiger charge is 2.22. The third-order valence-corrected chi connectivity index (χ3v) is 2.97. The molecule has 0 aliphatic heterocycles. The van der Waals surface area contributed by atoms with Crippen molar-refractivity contribution in [1.29, 1.82) is 0 Å². The van der Waals surface area contributed by atoms with Crippen LogP contribution in [-0.2, 0) is 0 Å². The molecular formula is C14H9ClF2O. The molecule has 0 heterocycles. The molecule has 0 spiro atoms. The summed E-state index contributed by atoms with van der Waals surface area (Å²) in [6.07, 6.45) is 0. The molecule has 18 heavy (non-hydrogen) atoms. The predicted octanol–water partition coefficient (Wildman–Crippen LogP) is 4.13. The smallest absolute Gasteiger partial charge is 0.188 e. The summed E-state index contributed by atoms with van der Waals surface area (Å²) in [6.45, 7) is 0. The van der Waals surface area contributed by atoms with E-state index < -0.39 is 22.8 Å². The van der Waals surface area contributed by atoms with Crippen LogP contribution in [0.15, 0.2) is 48.5 Å². The number of rotatable bonds is 3. The van der Waals surface area contributed by atoms with Gasteiger partial charge >= 0.3 is 0 Å². The van der Waals surface area contributed by atoms with Gasteiger partial charge in [0.05, 0.1) is 5.56 Å². The van der Waals surface area contributed by atoms with Gasteiger partial charge in [0, 0.05) is 6.07 Å². The lowest BCUT2D eigenvalue weighted by atomic mass is 10.0. The fourth-order valence-electron chi connectivity index (χ4n) is 1.60. The fraction of sp³-hybridized carbons (Fsp3) is 0.0714. The Morgan fingerprint density at radius 1 is 1.06 bits per heavy atom. The lowest BCUT2D eigenvalue weighted by Crippen LogP contribution is -2.09. The lowest BCUT2D eigenvalue weighted by Gasteiger charge is -2.09. The Bertz CT molecular complexity index is 569. The van der Waals surface area contributed by atoms with Crippen LogP contribution in [0.1, 0.15) is 21.3 Å². The maximum Gasteiger partial charge on any atom is 0.188 e. The lowest BCUT2D eigenvalue weighted by molar-refractivity contribution is 0.0983. The molecule has 0 aromatic heterocycles. The summed E-state index contributed by atoms with van der Waals surface area (Å²) in [5, 5.41) is -0.980. The zero-order chi connectivity index (χ0) is 13.1. The highest BCUT2D eigenvalue weighted by atomic mass is 35.5. The molecule has 0 aliphatic carbocycles. The number of Topliss-reactive ketones (excluding diaryl/α,β-unsaturated/α-hetero) is 1. The second-order valence-corrected chi connectivity index (χ2v) is 4.20. The number of carbonyl (C=O) groups excluding carboxylic acids is 1. The highest BCUT2D eigenvalue weighted by molar-refractivity contribution is 6.33. The van der Waals surface area contributed by atoms with Gasteiger partial charge in [0.1, 0.15) is 17.0 Å². The number of alkyl halides is 1. The summed E-state index contributed by atoms with van der Waals surface area (Å²) in [5.74, 6) is -2.21. The molecule has 0 radical (unpaired) electrons. The average Bonchev–Trinajstić information content (AvgIpc) is 2.38. The van der Waals surface area contributed by atoms with E-state index >= 15 is 0 Å². The Hall–Kier alpha value is -1.74. The molecule has 2 rings (SSSR count). The van der Waals surface area contributed by atoms with Crippen LogP contribution in [0.2, 0.25) is 0 Å². The maximum atomic E-state index is 13.5. The Labute approximate surface area is 108 Å². The Morgan fingerprint density at radius 3 is 2.33 bits per heavy atom. The Morgan fingerprint density at radius 2 is 1.72 bits per heavy atom. The van der Waals surface area contributed by atoms with E-state index in [-0.39, 0.29) is 5.56 Å². The minimum atomic E-state index is -0.980. The fourth-order valence-corrected chi connectivity index (χ4v) is 1.86. The highest BCUT2D eigenvalue weighted by Crippen LogP contribution is 2.26. The van der Waals surface area contributed by atoms with Crippen LogP contribution in [0.5, 0.6) is 0 Å². The van der Waals surface area contributed by atoms with Crippen LogP contribution in [0, 0.1) is 11.6 Å². The first-order valence-electron chi connectivity index (χ1n) is 5.28. The van der Waals surface area contributed by atoms with Gasteiger partial charge in [-0.15, -0.1) is 11.6 Å². The van der Waals surface area contributed by atoms with Crippen LogP contribution in [0.3, 0.4) is 0 Å². The Balaban J connectivity index is 2.32. The van der Waals surface area contributed by atoms with E-state index in [0.29, 0.717) is 11.6 Å². The summed E-state index contributed by atoms with van der Waals surface area (Å²) >= 11 is 5.99. The van der Waals surface area contributed by atoms with Crippen molar-refractivity contribution in [3.63, 3.8) is 0 Å². The predicted molar refractivity (Wildman–Crippen MR) is 65.7 cm³/mol. The summed E-state index contributed by atoms with van der Waals surface area (Å²) in [7, 11) is 0. The molecule has 2 aromatic carbocycles. The molecule has 0 N–H and O–H groups in total. The number of ketones is 1. The number of halogens is 3. The van der Waals surface area contributed by atoms with Gasteiger partial charge in [0.25, 0.3) is 0 Å². The van der Waals surface area contributed by atoms with Gasteiger partial charge in [-0.3, -0.25) is 4.79 Å². The average molecular weight is 267 g/mol. The van der Waals surface area contributed by atoms with E-state index in [9.17, 15) is 13.6 Å². The molecule has 92 valence electrons. The van der Waals surface area contributed by atoms with Gasteiger partial charge in [-0.25, -0.2) is 8.78 Å². The van der Waals surface area contributed by atoms with E-state index in [4.69, 9.17) is 11.6 Å². The summed E-state index contributed by atoms with van der Waals surface area (Å²) in [6, 6.07) is 11.4. The molecule has 0 amide bonds. The molecule has 0 fully saturated rings. The van der Waals surface area contributed by atoms with Gasteiger partial charge in [-0.1, -0.05) is 30.3 Å². The van der Waals surface area contributed by atoms with E-state index in [1.165, 1.54) is 0 Å². The van der Waals surface area contributed by atoms with Crippen LogP contribution < -0.4 is 0 Å². The van der Waals surface area contributed by atoms with Crippen molar-refractivity contribution in [2.24, 2.45) is 0 Å². The van der Waals surface area contributed by atoms with Crippen LogP contribution >= 0.6 is 11.6 Å². The van der Waals surface area contributed by atoms with Crippen molar-refractivity contribution in [3.05, 3.63) is 71.3 Å². The monoisotopic (exact) mass is 266 g/mol. The number of hydrogen-bond donors (Lipinski definition) is 0. The topological polar surface area (TPSA) is 17.1 Å². The number of hydrogen-bond acceptors (Lipinski definition) is 1. The summed E-state index contributed by atoms with van der Waals surface area (Å²) < 4.78 is 26.2. The molecule has 0 saturated heterocycles. The molecule has 1 unspecified atom stereocenters. The van der Waals surface area contributed by atoms with Crippen LogP contribution in [0.4, 0.5) is 8.78 Å². The van der Waals surface area contributed by atoms with Crippen molar-refractivity contribution in [1.82, 2.24) is 0 Å². The first-order chi connectivity index (χ1) is 8.59.